The molecular weight excluding hydrogens is 200 g/mol. The van der Waals surface area contributed by atoms with E-state index >= 15 is 0 Å². The molecule has 0 aliphatic carbocycles. The van der Waals surface area contributed by atoms with Crippen LogP contribution in [0.5, 0.6) is 5.75 Å². The van der Waals surface area contributed by atoms with Crippen molar-refractivity contribution in [3.05, 3.63) is 29.8 Å². The fourth-order valence-electron chi connectivity index (χ4n) is 1.16. The summed E-state index contributed by atoms with van der Waals surface area (Å²) in [6, 6.07) is 3.56. The van der Waals surface area contributed by atoms with Crippen LogP contribution in [0.3, 0.4) is 0 Å². The first-order valence-corrected chi connectivity index (χ1v) is 4.96. The molecular formula is C11H15F2NO. The van der Waals surface area contributed by atoms with E-state index < -0.39 is 11.6 Å². The van der Waals surface area contributed by atoms with Crippen molar-refractivity contribution in [1.82, 2.24) is 5.32 Å². The molecule has 0 aliphatic rings. The minimum absolute atomic E-state index is 0.373. The molecule has 0 amide bonds. The van der Waals surface area contributed by atoms with Crippen LogP contribution < -0.4 is 10.1 Å². The fraction of sp³-hybridized carbons (Fsp3) is 0.455. The SMILES string of the molecule is CNCCCCOc1ccc(F)c(F)c1. The molecule has 0 aliphatic heterocycles. The summed E-state index contributed by atoms with van der Waals surface area (Å²) in [7, 11) is 1.89. The van der Waals surface area contributed by atoms with E-state index in [0.717, 1.165) is 31.5 Å². The van der Waals surface area contributed by atoms with Crippen LogP contribution in [-0.2, 0) is 0 Å². The Morgan fingerprint density at radius 2 is 2.00 bits per heavy atom. The van der Waals surface area contributed by atoms with Crippen LogP contribution in [0.4, 0.5) is 8.78 Å². The lowest BCUT2D eigenvalue weighted by Gasteiger charge is -2.06. The normalized spacial score (nSPS) is 10.3. The summed E-state index contributed by atoms with van der Waals surface area (Å²) in [5.41, 5.74) is 0. The molecule has 84 valence electrons. The van der Waals surface area contributed by atoms with E-state index in [4.69, 9.17) is 4.74 Å². The Labute approximate surface area is 88.3 Å². The molecule has 1 aromatic rings. The van der Waals surface area contributed by atoms with Crippen molar-refractivity contribution in [2.45, 2.75) is 12.8 Å². The van der Waals surface area contributed by atoms with Gasteiger partial charge in [-0.05, 0) is 38.6 Å². The molecule has 0 unspecified atom stereocenters. The van der Waals surface area contributed by atoms with Crippen LogP contribution in [0.25, 0.3) is 0 Å². The van der Waals surface area contributed by atoms with Crippen molar-refractivity contribution in [2.24, 2.45) is 0 Å². The maximum absolute atomic E-state index is 12.7. The zero-order chi connectivity index (χ0) is 11.1. The monoisotopic (exact) mass is 215 g/mol. The summed E-state index contributed by atoms with van der Waals surface area (Å²) in [5.74, 6) is -1.35. The second kappa shape index (κ2) is 6.35. The molecule has 1 aromatic carbocycles. The third kappa shape index (κ3) is 4.25. The lowest BCUT2D eigenvalue weighted by molar-refractivity contribution is 0.304. The topological polar surface area (TPSA) is 21.3 Å². The van der Waals surface area contributed by atoms with Crippen LogP contribution in [0, 0.1) is 11.6 Å². The van der Waals surface area contributed by atoms with Crippen molar-refractivity contribution >= 4 is 0 Å². The molecule has 0 saturated heterocycles. The number of hydrogen-bond acceptors (Lipinski definition) is 2. The largest absolute Gasteiger partial charge is 0.493 e. The average Bonchev–Trinajstić information content (AvgIpc) is 2.23. The van der Waals surface area contributed by atoms with Gasteiger partial charge in [-0.3, -0.25) is 0 Å². The van der Waals surface area contributed by atoms with Gasteiger partial charge in [-0.15, -0.1) is 0 Å². The Kier molecular flexibility index (Phi) is 5.04. The number of halogens is 2. The van der Waals surface area contributed by atoms with Gasteiger partial charge in [0.2, 0.25) is 0 Å². The molecule has 0 saturated carbocycles. The molecule has 0 radical (unpaired) electrons. The highest BCUT2D eigenvalue weighted by Crippen LogP contribution is 2.15. The number of ether oxygens (including phenoxy) is 1. The molecule has 1 N–H and O–H groups in total. The van der Waals surface area contributed by atoms with Gasteiger partial charge in [-0.2, -0.15) is 0 Å². The maximum atomic E-state index is 12.7. The predicted octanol–water partition coefficient (Wildman–Crippen LogP) is 2.34. The molecule has 0 heterocycles. The number of nitrogens with one attached hydrogen (secondary N) is 1. The first-order valence-electron chi connectivity index (χ1n) is 4.96. The van der Waals surface area contributed by atoms with Crippen LogP contribution in [-0.4, -0.2) is 20.2 Å². The third-order valence-electron chi connectivity index (χ3n) is 1.98. The molecule has 1 rings (SSSR count). The van der Waals surface area contributed by atoms with Gasteiger partial charge in [0, 0.05) is 6.07 Å². The number of hydrogen-bond donors (Lipinski definition) is 1. The molecule has 0 aromatic heterocycles. The van der Waals surface area contributed by atoms with Gasteiger partial charge >= 0.3 is 0 Å². The quantitative estimate of drug-likeness (QED) is 0.735. The van der Waals surface area contributed by atoms with E-state index in [1.54, 1.807) is 0 Å². The summed E-state index contributed by atoms with van der Waals surface area (Å²) < 4.78 is 30.5. The summed E-state index contributed by atoms with van der Waals surface area (Å²) in [4.78, 5) is 0. The van der Waals surface area contributed by atoms with E-state index in [1.807, 2.05) is 7.05 Å². The van der Waals surface area contributed by atoms with Gasteiger partial charge < -0.3 is 10.1 Å². The molecule has 4 heteroatoms. The van der Waals surface area contributed by atoms with Gasteiger partial charge in [0.15, 0.2) is 11.6 Å². The van der Waals surface area contributed by atoms with E-state index in [1.165, 1.54) is 6.07 Å². The Hall–Kier alpha value is -1.16. The first kappa shape index (κ1) is 11.9. The molecule has 15 heavy (non-hydrogen) atoms. The van der Waals surface area contributed by atoms with Crippen LogP contribution >= 0.6 is 0 Å². The van der Waals surface area contributed by atoms with Gasteiger partial charge in [0.25, 0.3) is 0 Å². The lowest BCUT2D eigenvalue weighted by atomic mass is 10.3. The van der Waals surface area contributed by atoms with Gasteiger partial charge in [0.05, 0.1) is 6.61 Å². The smallest absolute Gasteiger partial charge is 0.162 e. The Balaban J connectivity index is 2.28. The molecule has 0 atom stereocenters. The number of benzene rings is 1. The lowest BCUT2D eigenvalue weighted by Crippen LogP contribution is -2.09. The highest BCUT2D eigenvalue weighted by atomic mass is 19.2. The summed E-state index contributed by atoms with van der Waals surface area (Å²) in [5, 5.41) is 3.02. The Bertz CT molecular complexity index is 305. The van der Waals surface area contributed by atoms with Crippen LogP contribution in [0.2, 0.25) is 0 Å². The second-order valence-electron chi connectivity index (χ2n) is 3.24. The highest BCUT2D eigenvalue weighted by Gasteiger charge is 2.02. The van der Waals surface area contributed by atoms with Crippen molar-refractivity contribution < 1.29 is 13.5 Å². The fourth-order valence-corrected chi connectivity index (χ4v) is 1.16. The molecule has 2 nitrogen and oxygen atoms in total. The van der Waals surface area contributed by atoms with E-state index in [9.17, 15) is 8.78 Å². The third-order valence-corrected chi connectivity index (χ3v) is 1.98. The summed E-state index contributed by atoms with van der Waals surface area (Å²) >= 11 is 0. The number of rotatable bonds is 6. The van der Waals surface area contributed by atoms with Crippen molar-refractivity contribution in [2.75, 3.05) is 20.2 Å². The van der Waals surface area contributed by atoms with E-state index in [0.29, 0.717) is 12.4 Å². The zero-order valence-electron chi connectivity index (χ0n) is 8.72. The zero-order valence-corrected chi connectivity index (χ0v) is 8.72. The number of unbranched alkanes of at least 4 members (excludes halogenated alkanes) is 1. The molecule has 0 fully saturated rings. The Morgan fingerprint density at radius 3 is 2.67 bits per heavy atom. The average molecular weight is 215 g/mol. The van der Waals surface area contributed by atoms with Crippen molar-refractivity contribution in [3.8, 4) is 5.75 Å². The second-order valence-corrected chi connectivity index (χ2v) is 3.24. The Morgan fingerprint density at radius 1 is 1.20 bits per heavy atom. The van der Waals surface area contributed by atoms with E-state index in [-0.39, 0.29) is 0 Å². The summed E-state index contributed by atoms with van der Waals surface area (Å²) in [6.07, 6.45) is 1.89. The predicted molar refractivity (Wildman–Crippen MR) is 55.0 cm³/mol. The molecule has 0 bridgehead atoms. The van der Waals surface area contributed by atoms with Gasteiger partial charge in [-0.25, -0.2) is 8.78 Å². The summed E-state index contributed by atoms with van der Waals surface area (Å²) in [6.45, 7) is 1.45. The first-order chi connectivity index (χ1) is 7.24. The minimum atomic E-state index is -0.872. The van der Waals surface area contributed by atoms with Crippen molar-refractivity contribution in [1.29, 1.82) is 0 Å². The highest BCUT2D eigenvalue weighted by molar-refractivity contribution is 5.23. The molecule has 0 spiro atoms. The van der Waals surface area contributed by atoms with E-state index in [2.05, 4.69) is 5.32 Å². The van der Waals surface area contributed by atoms with Crippen LogP contribution in [0.15, 0.2) is 18.2 Å². The van der Waals surface area contributed by atoms with Crippen molar-refractivity contribution in [3.63, 3.8) is 0 Å². The minimum Gasteiger partial charge on any atom is -0.493 e. The standard InChI is InChI=1S/C11H15F2NO/c1-14-6-2-3-7-15-9-4-5-10(12)11(13)8-9/h4-5,8,14H,2-3,6-7H2,1H3. The van der Waals surface area contributed by atoms with Crippen LogP contribution in [0.1, 0.15) is 12.8 Å². The van der Waals surface area contributed by atoms with Gasteiger partial charge in [0.1, 0.15) is 5.75 Å². The maximum Gasteiger partial charge on any atom is 0.162 e. The van der Waals surface area contributed by atoms with Gasteiger partial charge in [-0.1, -0.05) is 0 Å².